The number of anilines is 1. The van der Waals surface area contributed by atoms with Crippen molar-refractivity contribution >= 4 is 11.7 Å². The summed E-state index contributed by atoms with van der Waals surface area (Å²) >= 11 is 0. The van der Waals surface area contributed by atoms with Crippen LogP contribution in [0.1, 0.15) is 51.5 Å². The predicted molar refractivity (Wildman–Crippen MR) is 83.4 cm³/mol. The van der Waals surface area contributed by atoms with Crippen LogP contribution in [0.4, 0.5) is 5.69 Å². The number of carbonyl (C=O) groups excluding carboxylic acids is 1. The molecule has 3 nitrogen and oxygen atoms in total. The van der Waals surface area contributed by atoms with Crippen LogP contribution in [0.15, 0.2) is 24.3 Å². The largest absolute Gasteiger partial charge is 0.465 e. The molecule has 1 rings (SSSR count). The lowest BCUT2D eigenvalue weighted by atomic mass is 10.0. The number of ether oxygens (including phenoxy) is 1. The van der Waals surface area contributed by atoms with Crippen LogP contribution in [-0.2, 0) is 16.0 Å². The average molecular weight is 277 g/mol. The Morgan fingerprint density at radius 3 is 2.55 bits per heavy atom. The van der Waals surface area contributed by atoms with Crippen molar-refractivity contribution in [2.45, 2.75) is 52.4 Å². The minimum absolute atomic E-state index is 0.100. The van der Waals surface area contributed by atoms with Gasteiger partial charge in [-0.1, -0.05) is 45.2 Å². The molecule has 0 amide bonds. The Balaban J connectivity index is 2.24. The van der Waals surface area contributed by atoms with Gasteiger partial charge in [0.05, 0.1) is 6.61 Å². The number of carbonyl (C=O) groups is 1. The maximum Gasteiger partial charge on any atom is 0.306 e. The lowest BCUT2D eigenvalue weighted by Gasteiger charge is -2.14. The summed E-state index contributed by atoms with van der Waals surface area (Å²) in [5.41, 5.74) is 7.49. The molecule has 1 atom stereocenters. The fourth-order valence-corrected chi connectivity index (χ4v) is 2.11. The van der Waals surface area contributed by atoms with Gasteiger partial charge in [0.25, 0.3) is 0 Å². The number of nitrogen functional groups attached to an aromatic ring is 1. The molecule has 0 saturated carbocycles. The third-order valence-corrected chi connectivity index (χ3v) is 3.62. The van der Waals surface area contributed by atoms with Crippen LogP contribution < -0.4 is 5.73 Å². The summed E-state index contributed by atoms with van der Waals surface area (Å²) in [6.07, 6.45) is 5.78. The van der Waals surface area contributed by atoms with E-state index in [1.165, 1.54) is 12.8 Å². The fraction of sp³-hybridized carbons (Fsp3) is 0.588. The highest BCUT2D eigenvalue weighted by molar-refractivity contribution is 5.69. The molecular formula is C17H27NO2. The highest BCUT2D eigenvalue weighted by Gasteiger charge is 2.10. The highest BCUT2D eigenvalue weighted by Crippen LogP contribution is 2.14. The van der Waals surface area contributed by atoms with Crippen LogP contribution in [0, 0.1) is 5.92 Å². The molecule has 20 heavy (non-hydrogen) atoms. The molecule has 1 unspecified atom stereocenters. The van der Waals surface area contributed by atoms with E-state index < -0.39 is 0 Å². The molecule has 0 saturated heterocycles. The zero-order valence-corrected chi connectivity index (χ0v) is 12.7. The van der Waals surface area contributed by atoms with Crippen LogP contribution in [0.2, 0.25) is 0 Å². The summed E-state index contributed by atoms with van der Waals surface area (Å²) in [5, 5.41) is 0. The van der Waals surface area contributed by atoms with E-state index in [2.05, 4.69) is 13.8 Å². The molecule has 1 aromatic rings. The topological polar surface area (TPSA) is 52.3 Å². The van der Waals surface area contributed by atoms with Crippen molar-refractivity contribution in [2.75, 3.05) is 12.3 Å². The van der Waals surface area contributed by atoms with Gasteiger partial charge in [-0.2, -0.15) is 0 Å². The molecule has 1 aromatic carbocycles. The second-order valence-electron chi connectivity index (χ2n) is 5.34. The second-order valence-corrected chi connectivity index (χ2v) is 5.34. The third kappa shape index (κ3) is 6.60. The minimum atomic E-state index is -0.100. The first-order chi connectivity index (χ1) is 9.65. The highest BCUT2D eigenvalue weighted by atomic mass is 16.5. The zero-order valence-electron chi connectivity index (χ0n) is 12.7. The summed E-state index contributed by atoms with van der Waals surface area (Å²) < 4.78 is 5.37. The predicted octanol–water partition coefficient (Wildman–Crippen LogP) is 3.96. The van der Waals surface area contributed by atoms with Gasteiger partial charge in [-0.15, -0.1) is 0 Å². The van der Waals surface area contributed by atoms with Gasteiger partial charge in [0.15, 0.2) is 0 Å². The summed E-state index contributed by atoms with van der Waals surface area (Å²) in [7, 11) is 0. The van der Waals surface area contributed by atoms with Crippen molar-refractivity contribution in [1.82, 2.24) is 0 Å². The van der Waals surface area contributed by atoms with Gasteiger partial charge in [0.2, 0.25) is 0 Å². The van der Waals surface area contributed by atoms with E-state index in [4.69, 9.17) is 10.5 Å². The molecule has 0 fully saturated rings. The maximum atomic E-state index is 11.7. The van der Waals surface area contributed by atoms with Gasteiger partial charge in [-0.05, 0) is 36.5 Å². The summed E-state index contributed by atoms with van der Waals surface area (Å²) in [5.74, 6) is 0.409. The Morgan fingerprint density at radius 1 is 1.25 bits per heavy atom. The van der Waals surface area contributed by atoms with Crippen LogP contribution in [0.3, 0.4) is 0 Å². The van der Waals surface area contributed by atoms with Crippen molar-refractivity contribution in [3.63, 3.8) is 0 Å². The number of hydrogen-bond donors (Lipinski definition) is 1. The fourth-order valence-electron chi connectivity index (χ4n) is 2.11. The van der Waals surface area contributed by atoms with Crippen LogP contribution in [0.25, 0.3) is 0 Å². The molecule has 0 spiro atoms. The number of hydrogen-bond acceptors (Lipinski definition) is 3. The summed E-state index contributed by atoms with van der Waals surface area (Å²) in [6, 6.07) is 7.63. The molecule has 0 aliphatic rings. The molecule has 112 valence electrons. The number of unbranched alkanes of at least 4 members (excludes halogenated alkanes) is 1. The first-order valence-corrected chi connectivity index (χ1v) is 7.65. The second kappa shape index (κ2) is 9.40. The minimum Gasteiger partial charge on any atom is -0.465 e. The van der Waals surface area contributed by atoms with E-state index in [0.717, 1.165) is 24.1 Å². The molecule has 0 aliphatic carbocycles. The molecule has 0 bridgehead atoms. The number of nitrogens with two attached hydrogens (primary N) is 1. The van der Waals surface area contributed by atoms with Crippen LogP contribution >= 0.6 is 0 Å². The van der Waals surface area contributed by atoms with Gasteiger partial charge in [-0.25, -0.2) is 0 Å². The van der Waals surface area contributed by atoms with Crippen molar-refractivity contribution in [2.24, 2.45) is 5.92 Å². The molecule has 3 heteroatoms. The standard InChI is InChI=1S/C17H27NO2/c1-3-5-6-14(4-2)13-20-17(19)12-9-15-7-10-16(18)11-8-15/h7-8,10-11,14H,3-6,9,12-13,18H2,1-2H3. The van der Waals surface area contributed by atoms with E-state index in [1.807, 2.05) is 24.3 Å². The summed E-state index contributed by atoms with van der Waals surface area (Å²) in [4.78, 5) is 11.7. The van der Waals surface area contributed by atoms with E-state index in [0.29, 0.717) is 25.4 Å². The first kappa shape index (κ1) is 16.5. The van der Waals surface area contributed by atoms with E-state index in [1.54, 1.807) is 0 Å². The van der Waals surface area contributed by atoms with Crippen LogP contribution in [-0.4, -0.2) is 12.6 Å². The third-order valence-electron chi connectivity index (χ3n) is 3.62. The Morgan fingerprint density at radius 2 is 1.95 bits per heavy atom. The SMILES string of the molecule is CCCCC(CC)COC(=O)CCc1ccc(N)cc1. The molecule has 0 aliphatic heterocycles. The summed E-state index contributed by atoms with van der Waals surface area (Å²) in [6.45, 7) is 4.91. The molecular weight excluding hydrogens is 250 g/mol. The van der Waals surface area contributed by atoms with Crippen molar-refractivity contribution in [3.8, 4) is 0 Å². The van der Waals surface area contributed by atoms with Gasteiger partial charge >= 0.3 is 5.97 Å². The molecule has 0 heterocycles. The Labute approximate surface area is 122 Å². The van der Waals surface area contributed by atoms with Crippen molar-refractivity contribution in [3.05, 3.63) is 29.8 Å². The number of benzene rings is 1. The molecule has 0 radical (unpaired) electrons. The monoisotopic (exact) mass is 277 g/mol. The van der Waals surface area contributed by atoms with E-state index in [-0.39, 0.29) is 5.97 Å². The number of aryl methyl sites for hydroxylation is 1. The van der Waals surface area contributed by atoms with E-state index >= 15 is 0 Å². The van der Waals surface area contributed by atoms with Gasteiger partial charge in [0, 0.05) is 12.1 Å². The normalized spacial score (nSPS) is 12.1. The quantitative estimate of drug-likeness (QED) is 0.549. The Hall–Kier alpha value is -1.51. The molecule has 2 N–H and O–H groups in total. The van der Waals surface area contributed by atoms with Gasteiger partial charge in [0.1, 0.15) is 0 Å². The van der Waals surface area contributed by atoms with Gasteiger partial charge < -0.3 is 10.5 Å². The number of rotatable bonds is 9. The van der Waals surface area contributed by atoms with Gasteiger partial charge in [-0.3, -0.25) is 4.79 Å². The Kier molecular flexibility index (Phi) is 7.78. The van der Waals surface area contributed by atoms with Crippen molar-refractivity contribution in [1.29, 1.82) is 0 Å². The Bertz CT molecular complexity index is 386. The maximum absolute atomic E-state index is 11.7. The van der Waals surface area contributed by atoms with Crippen LogP contribution in [0.5, 0.6) is 0 Å². The average Bonchev–Trinajstić information content (AvgIpc) is 2.47. The van der Waals surface area contributed by atoms with Crippen molar-refractivity contribution < 1.29 is 9.53 Å². The first-order valence-electron chi connectivity index (χ1n) is 7.65. The molecule has 0 aromatic heterocycles. The van der Waals surface area contributed by atoms with E-state index in [9.17, 15) is 4.79 Å². The smallest absolute Gasteiger partial charge is 0.306 e. The lowest BCUT2D eigenvalue weighted by molar-refractivity contribution is -0.145. The lowest BCUT2D eigenvalue weighted by Crippen LogP contribution is -2.14. The zero-order chi connectivity index (χ0) is 14.8. The number of esters is 1.